The highest BCUT2D eigenvalue weighted by Crippen LogP contribution is 2.28. The van der Waals surface area contributed by atoms with Gasteiger partial charge in [0, 0.05) is 0 Å². The number of halogens is 3. The van der Waals surface area contributed by atoms with Crippen molar-refractivity contribution in [3.63, 3.8) is 0 Å². The van der Waals surface area contributed by atoms with E-state index in [9.17, 15) is 21.6 Å². The Morgan fingerprint density at radius 3 is 2.33 bits per heavy atom. The molecule has 112 valence electrons. The number of alkyl halides is 3. The third kappa shape index (κ3) is 4.05. The fourth-order valence-corrected chi connectivity index (χ4v) is 3.16. The summed E-state index contributed by atoms with van der Waals surface area (Å²) < 4.78 is 60.6. The second-order valence-corrected chi connectivity index (χ2v) is 6.74. The molecule has 0 bridgehead atoms. The van der Waals surface area contributed by atoms with E-state index in [2.05, 4.69) is 5.10 Å². The van der Waals surface area contributed by atoms with Gasteiger partial charge in [-0.25, -0.2) is 0 Å². The van der Waals surface area contributed by atoms with Crippen LogP contribution in [0.15, 0.2) is 51.1 Å². The molecule has 1 aromatic heterocycles. The van der Waals surface area contributed by atoms with Gasteiger partial charge in [-0.1, -0.05) is 18.2 Å². The molecular formula is C12H9F3N2O2S2. The summed E-state index contributed by atoms with van der Waals surface area (Å²) in [5.41, 5.74) is -0.435. The first-order valence-corrected chi connectivity index (χ1v) is 7.91. The van der Waals surface area contributed by atoms with E-state index in [4.69, 9.17) is 0 Å². The van der Waals surface area contributed by atoms with Crippen LogP contribution in [0.1, 0.15) is 11.1 Å². The summed E-state index contributed by atoms with van der Waals surface area (Å²) in [6.07, 6.45) is -3.28. The number of thiophene rings is 1. The van der Waals surface area contributed by atoms with Gasteiger partial charge in [-0.3, -0.25) is 0 Å². The predicted octanol–water partition coefficient (Wildman–Crippen LogP) is 3.08. The van der Waals surface area contributed by atoms with Crippen LogP contribution in [0.25, 0.3) is 0 Å². The maximum absolute atomic E-state index is 12.4. The first kappa shape index (κ1) is 15.5. The van der Waals surface area contributed by atoms with Gasteiger partial charge in [0.25, 0.3) is 10.0 Å². The van der Waals surface area contributed by atoms with Gasteiger partial charge in [0.1, 0.15) is 4.21 Å². The Morgan fingerprint density at radius 1 is 1.14 bits per heavy atom. The van der Waals surface area contributed by atoms with Crippen molar-refractivity contribution in [3.8, 4) is 0 Å². The summed E-state index contributed by atoms with van der Waals surface area (Å²) in [6.45, 7) is 0. The molecule has 0 spiro atoms. The molecule has 0 saturated heterocycles. The van der Waals surface area contributed by atoms with Crippen LogP contribution < -0.4 is 4.83 Å². The van der Waals surface area contributed by atoms with E-state index in [1.807, 2.05) is 4.83 Å². The van der Waals surface area contributed by atoms with E-state index in [0.29, 0.717) is 5.56 Å². The van der Waals surface area contributed by atoms with Crippen molar-refractivity contribution in [2.75, 3.05) is 0 Å². The molecule has 0 aliphatic heterocycles. The largest absolute Gasteiger partial charge is 0.416 e. The summed E-state index contributed by atoms with van der Waals surface area (Å²) in [5, 5.41) is 5.13. The smallest absolute Gasteiger partial charge is 0.199 e. The second-order valence-electron chi connectivity index (χ2n) is 3.90. The third-order valence-electron chi connectivity index (χ3n) is 2.38. The quantitative estimate of drug-likeness (QED) is 0.690. The number of hydrogen-bond donors (Lipinski definition) is 1. The fraction of sp³-hybridized carbons (Fsp3) is 0.0833. The van der Waals surface area contributed by atoms with Gasteiger partial charge in [-0.2, -0.15) is 31.5 Å². The zero-order valence-electron chi connectivity index (χ0n) is 10.3. The Hall–Kier alpha value is -1.87. The van der Waals surface area contributed by atoms with E-state index in [1.54, 1.807) is 11.4 Å². The van der Waals surface area contributed by atoms with Crippen LogP contribution in [0.4, 0.5) is 13.2 Å². The Labute approximate surface area is 123 Å². The van der Waals surface area contributed by atoms with Gasteiger partial charge in [-0.05, 0) is 29.1 Å². The number of nitrogens with zero attached hydrogens (tertiary/aromatic N) is 1. The van der Waals surface area contributed by atoms with Crippen molar-refractivity contribution in [2.45, 2.75) is 10.4 Å². The highest BCUT2D eigenvalue weighted by molar-refractivity contribution is 7.91. The van der Waals surface area contributed by atoms with Crippen molar-refractivity contribution < 1.29 is 21.6 Å². The molecular weight excluding hydrogens is 325 g/mol. The van der Waals surface area contributed by atoms with Crippen LogP contribution >= 0.6 is 11.3 Å². The van der Waals surface area contributed by atoms with E-state index in [-0.39, 0.29) is 4.21 Å². The Balaban J connectivity index is 2.05. The normalized spacial score (nSPS) is 12.7. The van der Waals surface area contributed by atoms with Crippen molar-refractivity contribution in [1.82, 2.24) is 4.83 Å². The SMILES string of the molecule is O=S(=O)(N/N=C/c1ccc(C(F)(F)F)cc1)c1cccs1. The first-order chi connectivity index (χ1) is 9.79. The Bertz CT molecular complexity index is 721. The van der Waals surface area contributed by atoms with Crippen molar-refractivity contribution in [1.29, 1.82) is 0 Å². The summed E-state index contributed by atoms with van der Waals surface area (Å²) in [4.78, 5) is 1.98. The maximum atomic E-state index is 12.4. The Morgan fingerprint density at radius 2 is 1.81 bits per heavy atom. The number of hydrazone groups is 1. The van der Waals surface area contributed by atoms with Gasteiger partial charge in [-0.15, -0.1) is 11.3 Å². The number of sulfonamides is 1. The number of nitrogens with one attached hydrogen (secondary N) is 1. The lowest BCUT2D eigenvalue weighted by Crippen LogP contribution is -2.17. The van der Waals surface area contributed by atoms with Crippen molar-refractivity contribution in [3.05, 3.63) is 52.9 Å². The van der Waals surface area contributed by atoms with Gasteiger partial charge in [0.05, 0.1) is 11.8 Å². The molecule has 1 N–H and O–H groups in total. The third-order valence-corrected chi connectivity index (χ3v) is 5.00. The van der Waals surface area contributed by atoms with E-state index in [1.165, 1.54) is 18.2 Å². The van der Waals surface area contributed by atoms with Gasteiger partial charge >= 0.3 is 6.18 Å². The molecule has 1 heterocycles. The molecule has 9 heteroatoms. The van der Waals surface area contributed by atoms with Crippen LogP contribution in [0.3, 0.4) is 0 Å². The number of hydrogen-bond acceptors (Lipinski definition) is 4. The topological polar surface area (TPSA) is 58.5 Å². The summed E-state index contributed by atoms with van der Waals surface area (Å²) >= 11 is 1.03. The lowest BCUT2D eigenvalue weighted by atomic mass is 10.1. The highest BCUT2D eigenvalue weighted by atomic mass is 32.2. The van der Waals surface area contributed by atoms with Crippen molar-refractivity contribution in [2.24, 2.45) is 5.10 Å². The molecule has 0 amide bonds. The van der Waals surface area contributed by atoms with E-state index in [0.717, 1.165) is 29.7 Å². The molecule has 0 atom stereocenters. The standard InChI is InChI=1S/C12H9F3N2O2S2/c13-12(14,15)10-5-3-9(4-6-10)8-16-17-21(18,19)11-2-1-7-20-11/h1-8,17H/b16-8+. The Kier molecular flexibility index (Phi) is 4.33. The lowest BCUT2D eigenvalue weighted by Gasteiger charge is -2.05. The van der Waals surface area contributed by atoms with E-state index < -0.39 is 21.8 Å². The zero-order valence-corrected chi connectivity index (χ0v) is 12.0. The molecule has 0 radical (unpaired) electrons. The van der Waals surface area contributed by atoms with Crippen LogP contribution in [0, 0.1) is 0 Å². The molecule has 0 aliphatic carbocycles. The van der Waals surface area contributed by atoms with Gasteiger partial charge in [0.15, 0.2) is 0 Å². The van der Waals surface area contributed by atoms with Crippen molar-refractivity contribution >= 4 is 27.6 Å². The molecule has 0 aliphatic rings. The minimum absolute atomic E-state index is 0.104. The summed E-state index contributed by atoms with van der Waals surface area (Å²) in [5.74, 6) is 0. The molecule has 2 aromatic rings. The number of benzene rings is 1. The molecule has 21 heavy (non-hydrogen) atoms. The van der Waals surface area contributed by atoms with Gasteiger partial charge < -0.3 is 0 Å². The molecule has 1 aromatic carbocycles. The highest BCUT2D eigenvalue weighted by Gasteiger charge is 2.29. The monoisotopic (exact) mass is 334 g/mol. The molecule has 2 rings (SSSR count). The zero-order chi connectivity index (χ0) is 15.5. The molecule has 4 nitrogen and oxygen atoms in total. The minimum atomic E-state index is -4.41. The van der Waals surface area contributed by atoms with Crippen LogP contribution in [0.5, 0.6) is 0 Å². The average molecular weight is 334 g/mol. The van der Waals surface area contributed by atoms with Crippen LogP contribution in [-0.2, 0) is 16.2 Å². The second kappa shape index (κ2) is 5.86. The average Bonchev–Trinajstić information content (AvgIpc) is 2.92. The van der Waals surface area contributed by atoms with E-state index >= 15 is 0 Å². The summed E-state index contributed by atoms with van der Waals surface area (Å²) in [7, 11) is -3.73. The molecule has 0 saturated carbocycles. The van der Waals surface area contributed by atoms with Crippen LogP contribution in [-0.4, -0.2) is 14.6 Å². The maximum Gasteiger partial charge on any atom is 0.416 e. The van der Waals surface area contributed by atoms with Gasteiger partial charge in [0.2, 0.25) is 0 Å². The molecule has 0 unspecified atom stereocenters. The summed E-state index contributed by atoms with van der Waals surface area (Å²) in [6, 6.07) is 7.20. The predicted molar refractivity (Wildman–Crippen MR) is 73.7 cm³/mol. The lowest BCUT2D eigenvalue weighted by molar-refractivity contribution is -0.137. The number of rotatable bonds is 4. The fourth-order valence-electron chi connectivity index (χ4n) is 1.39. The van der Waals surface area contributed by atoms with Crippen LogP contribution in [0.2, 0.25) is 0 Å². The first-order valence-electron chi connectivity index (χ1n) is 5.55. The minimum Gasteiger partial charge on any atom is -0.199 e. The molecule has 0 fully saturated rings.